The van der Waals surface area contributed by atoms with E-state index in [4.69, 9.17) is 18.9 Å². The Morgan fingerprint density at radius 1 is 1.03 bits per heavy atom. The molecule has 2 aromatic heterocycles. The van der Waals surface area contributed by atoms with Crippen LogP contribution >= 0.6 is 0 Å². The maximum atomic E-state index is 5.94. The topological polar surface area (TPSA) is 62.7 Å². The quantitative estimate of drug-likeness (QED) is 0.634. The van der Waals surface area contributed by atoms with E-state index in [0.29, 0.717) is 38.1 Å². The highest BCUT2D eigenvalue weighted by Crippen LogP contribution is 2.29. The van der Waals surface area contributed by atoms with Gasteiger partial charge in [-0.05, 0) is 24.6 Å². The third kappa shape index (κ3) is 4.91. The fourth-order valence-corrected chi connectivity index (χ4v) is 3.14. The van der Waals surface area contributed by atoms with Crippen LogP contribution in [0.1, 0.15) is 5.69 Å². The number of nitrogens with zero attached hydrogens (tertiary/aromatic N) is 2. The Morgan fingerprint density at radius 3 is 2.69 bits per heavy atom. The fraction of sp³-hybridized carbons (Fsp3) is 0.304. The van der Waals surface area contributed by atoms with E-state index in [2.05, 4.69) is 28.2 Å². The van der Waals surface area contributed by atoms with Crippen molar-refractivity contribution < 1.29 is 18.9 Å². The van der Waals surface area contributed by atoms with Crippen LogP contribution in [0.3, 0.4) is 0 Å². The number of hydrogen-bond donors (Lipinski definition) is 0. The maximum absolute atomic E-state index is 5.94. The van der Waals surface area contributed by atoms with E-state index >= 15 is 0 Å². The number of aromatic nitrogens is 2. The van der Waals surface area contributed by atoms with Crippen LogP contribution in [0.5, 0.6) is 11.6 Å². The van der Waals surface area contributed by atoms with Crippen LogP contribution in [-0.4, -0.2) is 49.6 Å². The number of methoxy groups -OCH3 is 1. The lowest BCUT2D eigenvalue weighted by Crippen LogP contribution is -2.33. The third-order valence-electron chi connectivity index (χ3n) is 4.71. The molecule has 1 fully saturated rings. The Hall–Kier alpha value is -2.96. The Balaban J connectivity index is 1.58. The van der Waals surface area contributed by atoms with E-state index in [-0.39, 0.29) is 6.10 Å². The van der Waals surface area contributed by atoms with Crippen LogP contribution in [0.4, 0.5) is 0 Å². The van der Waals surface area contributed by atoms with E-state index in [1.54, 1.807) is 13.2 Å². The molecule has 0 spiro atoms. The van der Waals surface area contributed by atoms with Crippen molar-refractivity contribution in [3.8, 4) is 34.0 Å². The lowest BCUT2D eigenvalue weighted by Gasteiger charge is -2.23. The molecule has 0 saturated carbocycles. The molecule has 29 heavy (non-hydrogen) atoms. The second kappa shape index (κ2) is 9.03. The van der Waals surface area contributed by atoms with Crippen LogP contribution in [0, 0.1) is 6.92 Å². The molecule has 150 valence electrons. The molecule has 6 heteroatoms. The van der Waals surface area contributed by atoms with Crippen molar-refractivity contribution >= 4 is 0 Å². The fourth-order valence-electron chi connectivity index (χ4n) is 3.14. The molecule has 6 nitrogen and oxygen atoms in total. The van der Waals surface area contributed by atoms with Gasteiger partial charge in [-0.15, -0.1) is 0 Å². The summed E-state index contributed by atoms with van der Waals surface area (Å²) in [5.41, 5.74) is 4.89. The second-order valence-corrected chi connectivity index (χ2v) is 6.88. The zero-order valence-corrected chi connectivity index (χ0v) is 16.6. The predicted octanol–water partition coefficient (Wildman–Crippen LogP) is 3.92. The summed E-state index contributed by atoms with van der Waals surface area (Å²) in [6, 6.07) is 16.0. The second-order valence-electron chi connectivity index (χ2n) is 6.88. The maximum Gasteiger partial charge on any atom is 0.217 e. The average Bonchev–Trinajstić information content (AvgIpc) is 2.79. The molecular weight excluding hydrogens is 368 g/mol. The van der Waals surface area contributed by atoms with Crippen LogP contribution in [0.2, 0.25) is 0 Å². The molecule has 0 radical (unpaired) electrons. The Morgan fingerprint density at radius 2 is 1.93 bits per heavy atom. The minimum atomic E-state index is -0.0660. The van der Waals surface area contributed by atoms with E-state index in [1.165, 1.54) is 0 Å². The molecule has 1 atom stereocenters. The standard InChI is InChI=1S/C23H24N2O4/c1-16-6-7-19(13-24-16)17-4-3-5-18(10-17)22-11-20(12-23(25-22)26-2)29-15-21-14-27-8-9-28-21/h3-7,10-13,21H,8-9,14-15H2,1-2H3. The first-order valence-corrected chi connectivity index (χ1v) is 9.63. The lowest BCUT2D eigenvalue weighted by molar-refractivity contribution is -0.101. The summed E-state index contributed by atoms with van der Waals surface area (Å²) in [4.78, 5) is 8.98. The van der Waals surface area contributed by atoms with Crippen molar-refractivity contribution in [1.29, 1.82) is 0 Å². The van der Waals surface area contributed by atoms with Crippen molar-refractivity contribution in [3.63, 3.8) is 0 Å². The van der Waals surface area contributed by atoms with Gasteiger partial charge >= 0.3 is 0 Å². The Bertz CT molecular complexity index is 953. The van der Waals surface area contributed by atoms with E-state index in [1.807, 2.05) is 37.4 Å². The van der Waals surface area contributed by atoms with Crippen LogP contribution in [-0.2, 0) is 9.47 Å². The first-order chi connectivity index (χ1) is 14.2. The number of rotatable bonds is 6. The number of hydrogen-bond acceptors (Lipinski definition) is 6. The summed E-state index contributed by atoms with van der Waals surface area (Å²) in [5, 5.41) is 0. The number of ether oxygens (including phenoxy) is 4. The third-order valence-corrected chi connectivity index (χ3v) is 4.71. The highest BCUT2D eigenvalue weighted by atomic mass is 16.6. The van der Waals surface area contributed by atoms with Gasteiger partial charge in [0, 0.05) is 35.2 Å². The molecular formula is C23H24N2O4. The zero-order valence-electron chi connectivity index (χ0n) is 16.6. The number of aryl methyl sites for hydroxylation is 1. The van der Waals surface area contributed by atoms with Gasteiger partial charge < -0.3 is 18.9 Å². The first kappa shape index (κ1) is 19.4. The largest absolute Gasteiger partial charge is 0.491 e. The minimum Gasteiger partial charge on any atom is -0.491 e. The van der Waals surface area contributed by atoms with Crippen molar-refractivity contribution in [2.45, 2.75) is 13.0 Å². The predicted molar refractivity (Wildman–Crippen MR) is 110 cm³/mol. The van der Waals surface area contributed by atoms with E-state index < -0.39 is 0 Å². The molecule has 1 unspecified atom stereocenters. The lowest BCUT2D eigenvalue weighted by atomic mass is 10.0. The normalized spacial score (nSPS) is 16.4. The summed E-state index contributed by atoms with van der Waals surface area (Å²) >= 11 is 0. The first-order valence-electron chi connectivity index (χ1n) is 9.63. The monoisotopic (exact) mass is 392 g/mol. The summed E-state index contributed by atoms with van der Waals surface area (Å²) in [7, 11) is 1.60. The van der Waals surface area contributed by atoms with Crippen molar-refractivity contribution in [2.24, 2.45) is 0 Å². The van der Waals surface area contributed by atoms with Gasteiger partial charge in [0.05, 0.1) is 32.6 Å². The van der Waals surface area contributed by atoms with Crippen LogP contribution in [0.25, 0.3) is 22.4 Å². The molecule has 1 aromatic carbocycles. The van der Waals surface area contributed by atoms with Gasteiger partial charge in [0.25, 0.3) is 0 Å². The Kier molecular flexibility index (Phi) is 6.03. The SMILES string of the molecule is COc1cc(OCC2COCCO2)cc(-c2cccc(-c3ccc(C)nc3)c2)n1. The average molecular weight is 392 g/mol. The minimum absolute atomic E-state index is 0.0660. The summed E-state index contributed by atoms with van der Waals surface area (Å²) in [5.74, 6) is 1.18. The molecule has 0 aliphatic carbocycles. The van der Waals surface area contributed by atoms with Crippen molar-refractivity contribution in [1.82, 2.24) is 9.97 Å². The zero-order chi connectivity index (χ0) is 20.1. The molecule has 1 saturated heterocycles. The van der Waals surface area contributed by atoms with E-state index in [0.717, 1.165) is 28.1 Å². The molecule has 0 amide bonds. The summed E-state index contributed by atoms with van der Waals surface area (Å²) < 4.78 is 22.4. The molecule has 0 bridgehead atoms. The summed E-state index contributed by atoms with van der Waals surface area (Å²) in [6.07, 6.45) is 1.82. The molecule has 4 rings (SSSR count). The van der Waals surface area contributed by atoms with Gasteiger partial charge in [-0.25, -0.2) is 4.98 Å². The molecule has 1 aliphatic heterocycles. The highest BCUT2D eigenvalue weighted by molar-refractivity contribution is 5.71. The van der Waals surface area contributed by atoms with Gasteiger partial charge in [-0.1, -0.05) is 24.3 Å². The molecule has 0 N–H and O–H groups in total. The number of pyridine rings is 2. The van der Waals surface area contributed by atoms with Gasteiger partial charge in [0.1, 0.15) is 18.5 Å². The van der Waals surface area contributed by atoms with E-state index in [9.17, 15) is 0 Å². The van der Waals surface area contributed by atoms with Gasteiger partial charge in [-0.3, -0.25) is 4.98 Å². The molecule has 3 heterocycles. The van der Waals surface area contributed by atoms with Crippen molar-refractivity contribution in [3.05, 3.63) is 60.4 Å². The number of benzene rings is 1. The van der Waals surface area contributed by atoms with Gasteiger partial charge in [-0.2, -0.15) is 0 Å². The van der Waals surface area contributed by atoms with Crippen LogP contribution < -0.4 is 9.47 Å². The van der Waals surface area contributed by atoms with Crippen molar-refractivity contribution in [2.75, 3.05) is 33.5 Å². The highest BCUT2D eigenvalue weighted by Gasteiger charge is 2.16. The summed E-state index contributed by atoms with van der Waals surface area (Å²) in [6.45, 7) is 4.17. The Labute approximate surface area is 170 Å². The van der Waals surface area contributed by atoms with Gasteiger partial charge in [0.2, 0.25) is 5.88 Å². The smallest absolute Gasteiger partial charge is 0.217 e. The molecule has 1 aliphatic rings. The molecule has 3 aromatic rings. The van der Waals surface area contributed by atoms with Gasteiger partial charge in [0.15, 0.2) is 0 Å². The van der Waals surface area contributed by atoms with Crippen LogP contribution in [0.15, 0.2) is 54.7 Å².